The summed E-state index contributed by atoms with van der Waals surface area (Å²) in [5.74, 6) is 0.719. The van der Waals surface area contributed by atoms with Crippen LogP contribution in [-0.4, -0.2) is 62.5 Å². The molecule has 0 radical (unpaired) electrons. The fourth-order valence-corrected chi connectivity index (χ4v) is 2.27. The molecule has 1 N–H and O–H groups in total. The molecule has 0 aliphatic carbocycles. The van der Waals surface area contributed by atoms with Crippen LogP contribution in [0.5, 0.6) is 0 Å². The molecule has 0 bridgehead atoms. The molecule has 1 aliphatic heterocycles. The van der Waals surface area contributed by atoms with Gasteiger partial charge in [0.2, 0.25) is 5.91 Å². The SMILES string of the molecule is CNC1C(=O)N(CCN(C)C)CCCC1C. The fraction of sp³-hybridized carbons (Fsp3) is 0.917. The maximum absolute atomic E-state index is 12.2. The molecular formula is C12H25N3O. The van der Waals surface area contributed by atoms with Crippen LogP contribution in [0.3, 0.4) is 0 Å². The molecule has 0 saturated carbocycles. The average molecular weight is 227 g/mol. The van der Waals surface area contributed by atoms with E-state index < -0.39 is 0 Å². The van der Waals surface area contributed by atoms with E-state index in [0.717, 1.165) is 32.5 Å². The lowest BCUT2D eigenvalue weighted by atomic mass is 9.98. The molecule has 16 heavy (non-hydrogen) atoms. The molecule has 4 nitrogen and oxygen atoms in total. The first-order valence-corrected chi connectivity index (χ1v) is 6.17. The van der Waals surface area contributed by atoms with E-state index in [1.54, 1.807) is 0 Å². The van der Waals surface area contributed by atoms with Gasteiger partial charge in [-0.3, -0.25) is 4.79 Å². The average Bonchev–Trinajstić information content (AvgIpc) is 2.35. The standard InChI is InChI=1S/C12H25N3O/c1-10-6-5-7-15(9-8-14(3)4)12(16)11(10)13-2/h10-11,13H,5-9H2,1-4H3. The minimum atomic E-state index is 0.00432. The molecule has 4 heteroatoms. The molecule has 1 aliphatic rings. The Balaban J connectivity index is 2.59. The summed E-state index contributed by atoms with van der Waals surface area (Å²) in [6.45, 7) is 4.86. The van der Waals surface area contributed by atoms with E-state index in [4.69, 9.17) is 0 Å². The van der Waals surface area contributed by atoms with Crippen molar-refractivity contribution >= 4 is 5.91 Å². The second-order valence-corrected chi connectivity index (χ2v) is 5.01. The summed E-state index contributed by atoms with van der Waals surface area (Å²) in [4.78, 5) is 16.4. The van der Waals surface area contributed by atoms with Gasteiger partial charge in [-0.15, -0.1) is 0 Å². The van der Waals surface area contributed by atoms with Crippen molar-refractivity contribution in [2.24, 2.45) is 5.92 Å². The van der Waals surface area contributed by atoms with Crippen molar-refractivity contribution in [3.8, 4) is 0 Å². The summed E-state index contributed by atoms with van der Waals surface area (Å²) in [6.07, 6.45) is 2.26. The molecule has 2 unspecified atom stereocenters. The number of nitrogens with one attached hydrogen (secondary N) is 1. The van der Waals surface area contributed by atoms with Gasteiger partial charge in [0, 0.05) is 19.6 Å². The summed E-state index contributed by atoms with van der Waals surface area (Å²) in [7, 11) is 5.97. The highest BCUT2D eigenvalue weighted by atomic mass is 16.2. The normalized spacial score (nSPS) is 27.3. The van der Waals surface area contributed by atoms with Crippen molar-refractivity contribution in [2.75, 3.05) is 40.8 Å². The molecule has 1 rings (SSSR count). The highest BCUT2D eigenvalue weighted by Crippen LogP contribution is 2.18. The van der Waals surface area contributed by atoms with Gasteiger partial charge in [-0.25, -0.2) is 0 Å². The maximum atomic E-state index is 12.2. The Hall–Kier alpha value is -0.610. The molecule has 1 saturated heterocycles. The molecule has 1 fully saturated rings. The van der Waals surface area contributed by atoms with E-state index in [1.165, 1.54) is 0 Å². The number of carbonyl (C=O) groups excluding carboxylic acids is 1. The minimum absolute atomic E-state index is 0.00432. The smallest absolute Gasteiger partial charge is 0.240 e. The maximum Gasteiger partial charge on any atom is 0.240 e. The Kier molecular flexibility index (Phi) is 5.22. The van der Waals surface area contributed by atoms with Crippen LogP contribution >= 0.6 is 0 Å². The molecule has 0 aromatic rings. The number of rotatable bonds is 4. The summed E-state index contributed by atoms with van der Waals surface area (Å²) < 4.78 is 0. The van der Waals surface area contributed by atoms with Crippen molar-refractivity contribution in [1.29, 1.82) is 0 Å². The number of hydrogen-bond acceptors (Lipinski definition) is 3. The third-order valence-corrected chi connectivity index (χ3v) is 3.36. The summed E-state index contributed by atoms with van der Waals surface area (Å²) in [5, 5.41) is 3.16. The van der Waals surface area contributed by atoms with Gasteiger partial charge in [0.15, 0.2) is 0 Å². The molecule has 0 spiro atoms. The van der Waals surface area contributed by atoms with E-state index >= 15 is 0 Å². The topological polar surface area (TPSA) is 35.6 Å². The Morgan fingerprint density at radius 1 is 1.50 bits per heavy atom. The van der Waals surface area contributed by atoms with Gasteiger partial charge in [-0.05, 0) is 39.9 Å². The number of carbonyl (C=O) groups is 1. The first kappa shape index (κ1) is 13.5. The lowest BCUT2D eigenvalue weighted by molar-refractivity contribution is -0.133. The second kappa shape index (κ2) is 6.21. The zero-order valence-electron chi connectivity index (χ0n) is 11.0. The van der Waals surface area contributed by atoms with Crippen molar-refractivity contribution in [3.63, 3.8) is 0 Å². The predicted octanol–water partition coefficient (Wildman–Crippen LogP) is 0.395. The first-order chi connectivity index (χ1) is 7.56. The van der Waals surface area contributed by atoms with E-state index in [9.17, 15) is 4.79 Å². The van der Waals surface area contributed by atoms with Gasteiger partial charge in [-0.1, -0.05) is 6.92 Å². The van der Waals surface area contributed by atoms with Crippen LogP contribution in [0.25, 0.3) is 0 Å². The highest BCUT2D eigenvalue weighted by molar-refractivity contribution is 5.82. The van der Waals surface area contributed by atoms with E-state index in [-0.39, 0.29) is 11.9 Å². The molecular weight excluding hydrogens is 202 g/mol. The van der Waals surface area contributed by atoms with Crippen LogP contribution in [0, 0.1) is 5.92 Å². The minimum Gasteiger partial charge on any atom is -0.340 e. The Bertz CT molecular complexity index is 230. The third kappa shape index (κ3) is 3.46. The van der Waals surface area contributed by atoms with Gasteiger partial charge in [0.25, 0.3) is 0 Å². The zero-order valence-corrected chi connectivity index (χ0v) is 11.0. The molecule has 1 amide bonds. The number of nitrogens with zero attached hydrogens (tertiary/aromatic N) is 2. The van der Waals surface area contributed by atoms with E-state index in [2.05, 4.69) is 17.1 Å². The van der Waals surface area contributed by atoms with Gasteiger partial charge in [-0.2, -0.15) is 0 Å². The van der Waals surface area contributed by atoms with Crippen LogP contribution in [0.1, 0.15) is 19.8 Å². The van der Waals surface area contributed by atoms with Crippen molar-refractivity contribution in [1.82, 2.24) is 15.1 Å². The number of likely N-dealkylation sites (tertiary alicyclic amines) is 1. The Morgan fingerprint density at radius 3 is 2.75 bits per heavy atom. The molecule has 2 atom stereocenters. The zero-order chi connectivity index (χ0) is 12.1. The van der Waals surface area contributed by atoms with Crippen LogP contribution in [-0.2, 0) is 4.79 Å². The molecule has 1 heterocycles. The Morgan fingerprint density at radius 2 is 2.19 bits per heavy atom. The highest BCUT2D eigenvalue weighted by Gasteiger charge is 2.30. The lowest BCUT2D eigenvalue weighted by Crippen LogP contribution is -2.48. The fourth-order valence-electron chi connectivity index (χ4n) is 2.27. The predicted molar refractivity (Wildman–Crippen MR) is 66.4 cm³/mol. The summed E-state index contributed by atoms with van der Waals surface area (Å²) in [5.41, 5.74) is 0. The van der Waals surface area contributed by atoms with Crippen LogP contribution in [0.4, 0.5) is 0 Å². The van der Waals surface area contributed by atoms with Crippen LogP contribution in [0.15, 0.2) is 0 Å². The molecule has 0 aromatic carbocycles. The van der Waals surface area contributed by atoms with Gasteiger partial charge in [0.1, 0.15) is 0 Å². The molecule has 0 aromatic heterocycles. The van der Waals surface area contributed by atoms with Crippen LogP contribution < -0.4 is 5.32 Å². The van der Waals surface area contributed by atoms with Crippen LogP contribution in [0.2, 0.25) is 0 Å². The Labute approximate surface area is 99.0 Å². The monoisotopic (exact) mass is 227 g/mol. The largest absolute Gasteiger partial charge is 0.340 e. The second-order valence-electron chi connectivity index (χ2n) is 5.01. The lowest BCUT2D eigenvalue weighted by Gasteiger charge is -2.27. The number of likely N-dealkylation sites (N-methyl/N-ethyl adjacent to an activating group) is 2. The van der Waals surface area contributed by atoms with Crippen molar-refractivity contribution < 1.29 is 4.79 Å². The number of hydrogen-bond donors (Lipinski definition) is 1. The van der Waals surface area contributed by atoms with Gasteiger partial charge < -0.3 is 15.1 Å². The van der Waals surface area contributed by atoms with E-state index in [1.807, 2.05) is 26.0 Å². The van der Waals surface area contributed by atoms with E-state index in [0.29, 0.717) is 5.92 Å². The quantitative estimate of drug-likeness (QED) is 0.755. The summed E-state index contributed by atoms with van der Waals surface area (Å²) >= 11 is 0. The summed E-state index contributed by atoms with van der Waals surface area (Å²) in [6, 6.07) is 0.00432. The van der Waals surface area contributed by atoms with Gasteiger partial charge in [0.05, 0.1) is 6.04 Å². The number of amides is 1. The van der Waals surface area contributed by atoms with Crippen molar-refractivity contribution in [3.05, 3.63) is 0 Å². The van der Waals surface area contributed by atoms with Gasteiger partial charge >= 0.3 is 0 Å². The molecule has 94 valence electrons. The third-order valence-electron chi connectivity index (χ3n) is 3.36. The van der Waals surface area contributed by atoms with Crippen molar-refractivity contribution in [2.45, 2.75) is 25.8 Å². The first-order valence-electron chi connectivity index (χ1n) is 6.17.